The Balaban J connectivity index is 0. The van der Waals surface area contributed by atoms with Gasteiger partial charge in [-0.1, -0.05) is 50.4 Å². The van der Waals surface area contributed by atoms with Crippen molar-refractivity contribution in [1.29, 1.82) is 0 Å². The van der Waals surface area contributed by atoms with Crippen LogP contribution in [0.2, 0.25) is 0 Å². The van der Waals surface area contributed by atoms with Gasteiger partial charge in [0.15, 0.2) is 0 Å². The molecular weight excluding hydrogens is 240 g/mol. The van der Waals surface area contributed by atoms with Gasteiger partial charge >= 0.3 is 0 Å². The third kappa shape index (κ3) is 14.1. The zero-order valence-electron chi connectivity index (χ0n) is 11.6. The smallest absolute Gasteiger partial charge is 0.119 e. The van der Waals surface area contributed by atoms with Crippen molar-refractivity contribution < 1.29 is 14.6 Å². The molecule has 1 unspecified atom stereocenters. The molecule has 0 fully saturated rings. The quantitative estimate of drug-likeness (QED) is 0.801. The molecule has 0 spiro atoms. The SMILES string of the molecule is C=CC=C.C=O.CCC(O)CCOc1ccccc1. The average Bonchev–Trinajstić information content (AvgIpc) is 2.50. The Morgan fingerprint density at radius 3 is 2.16 bits per heavy atom. The van der Waals surface area contributed by atoms with Gasteiger partial charge in [-0.25, -0.2) is 0 Å². The van der Waals surface area contributed by atoms with E-state index in [1.165, 1.54) is 0 Å². The summed E-state index contributed by atoms with van der Waals surface area (Å²) in [5.74, 6) is 0.866. The molecule has 1 rings (SSSR count). The summed E-state index contributed by atoms with van der Waals surface area (Å²) < 4.78 is 5.42. The van der Waals surface area contributed by atoms with Crippen molar-refractivity contribution in [2.45, 2.75) is 25.9 Å². The van der Waals surface area contributed by atoms with E-state index < -0.39 is 0 Å². The third-order valence-electron chi connectivity index (χ3n) is 2.10. The number of allylic oxidation sites excluding steroid dienone is 2. The average molecular weight is 264 g/mol. The van der Waals surface area contributed by atoms with Crippen LogP contribution in [0, 0.1) is 0 Å². The summed E-state index contributed by atoms with van der Waals surface area (Å²) >= 11 is 0. The number of hydrogen-bond acceptors (Lipinski definition) is 3. The molecule has 0 radical (unpaired) electrons. The first-order valence-electron chi connectivity index (χ1n) is 6.12. The van der Waals surface area contributed by atoms with Gasteiger partial charge in [0.1, 0.15) is 12.5 Å². The second kappa shape index (κ2) is 16.1. The van der Waals surface area contributed by atoms with E-state index in [9.17, 15) is 5.11 Å². The molecule has 0 aromatic heterocycles. The predicted molar refractivity (Wildman–Crippen MR) is 80.4 cm³/mol. The first kappa shape index (κ1) is 19.5. The molecule has 0 aliphatic heterocycles. The number of aliphatic hydroxyl groups is 1. The molecule has 19 heavy (non-hydrogen) atoms. The van der Waals surface area contributed by atoms with Crippen LogP contribution >= 0.6 is 0 Å². The maximum atomic E-state index is 9.26. The van der Waals surface area contributed by atoms with Crippen LogP contribution in [-0.4, -0.2) is 24.6 Å². The molecule has 0 heterocycles. The Kier molecular flexibility index (Phi) is 16.5. The minimum Gasteiger partial charge on any atom is -0.493 e. The highest BCUT2D eigenvalue weighted by molar-refractivity contribution is 5.20. The van der Waals surface area contributed by atoms with Crippen molar-refractivity contribution in [1.82, 2.24) is 0 Å². The first-order valence-corrected chi connectivity index (χ1v) is 6.12. The summed E-state index contributed by atoms with van der Waals surface area (Å²) in [6, 6.07) is 9.65. The van der Waals surface area contributed by atoms with Crippen LogP contribution in [0.25, 0.3) is 0 Å². The Morgan fingerprint density at radius 2 is 1.74 bits per heavy atom. The minimum atomic E-state index is -0.233. The fraction of sp³-hybridized carbons (Fsp3) is 0.312. The number of para-hydroxylation sites is 1. The van der Waals surface area contributed by atoms with Gasteiger partial charge in [0.25, 0.3) is 0 Å². The molecule has 0 aliphatic carbocycles. The van der Waals surface area contributed by atoms with E-state index in [4.69, 9.17) is 9.53 Å². The van der Waals surface area contributed by atoms with Gasteiger partial charge in [0.05, 0.1) is 12.7 Å². The molecule has 1 aromatic rings. The van der Waals surface area contributed by atoms with E-state index in [0.717, 1.165) is 12.2 Å². The topological polar surface area (TPSA) is 46.5 Å². The zero-order valence-corrected chi connectivity index (χ0v) is 11.6. The number of rotatable bonds is 6. The predicted octanol–water partition coefficient (Wildman–Crippen LogP) is 3.40. The monoisotopic (exact) mass is 264 g/mol. The highest BCUT2D eigenvalue weighted by Gasteiger charge is 2.00. The van der Waals surface area contributed by atoms with Crippen LogP contribution in [0.1, 0.15) is 19.8 Å². The fourth-order valence-electron chi connectivity index (χ4n) is 1.03. The highest BCUT2D eigenvalue weighted by atomic mass is 16.5. The second-order valence-electron chi connectivity index (χ2n) is 3.48. The molecule has 106 valence electrons. The number of hydrogen-bond donors (Lipinski definition) is 1. The Labute approximate surface area is 116 Å². The molecule has 0 saturated heterocycles. The van der Waals surface area contributed by atoms with Crippen LogP contribution in [0.15, 0.2) is 55.6 Å². The van der Waals surface area contributed by atoms with Gasteiger partial charge in [-0.2, -0.15) is 0 Å². The second-order valence-corrected chi connectivity index (χ2v) is 3.48. The highest BCUT2D eigenvalue weighted by Crippen LogP contribution is 2.09. The van der Waals surface area contributed by atoms with Crippen molar-refractivity contribution >= 4 is 6.79 Å². The standard InChI is InChI=1S/C11H16O2.C4H6.CH2O/c1-2-10(12)8-9-13-11-6-4-3-5-7-11;1-3-4-2;1-2/h3-7,10,12H,2,8-9H2,1H3;3-4H,1-2H2;1H2. The van der Waals surface area contributed by atoms with E-state index in [-0.39, 0.29) is 6.10 Å². The van der Waals surface area contributed by atoms with E-state index in [2.05, 4.69) is 13.2 Å². The number of carbonyl (C=O) groups excluding carboxylic acids is 1. The molecule has 0 amide bonds. The summed E-state index contributed by atoms with van der Waals surface area (Å²) in [4.78, 5) is 8.00. The summed E-state index contributed by atoms with van der Waals surface area (Å²) in [5.41, 5.74) is 0. The number of carbonyl (C=O) groups is 1. The number of ether oxygens (including phenoxy) is 1. The van der Waals surface area contributed by atoms with Gasteiger partial charge < -0.3 is 14.6 Å². The molecule has 1 aromatic carbocycles. The van der Waals surface area contributed by atoms with Gasteiger partial charge in [0.2, 0.25) is 0 Å². The number of aliphatic hydroxyl groups excluding tert-OH is 1. The third-order valence-corrected chi connectivity index (χ3v) is 2.10. The first-order chi connectivity index (χ1) is 9.24. The molecule has 1 N–H and O–H groups in total. The molecule has 0 bridgehead atoms. The molecular formula is C16H24O3. The van der Waals surface area contributed by atoms with Crippen LogP contribution in [0.3, 0.4) is 0 Å². The van der Waals surface area contributed by atoms with Crippen LogP contribution in [0.4, 0.5) is 0 Å². The Hall–Kier alpha value is -1.87. The van der Waals surface area contributed by atoms with Crippen LogP contribution < -0.4 is 4.74 Å². The van der Waals surface area contributed by atoms with E-state index in [0.29, 0.717) is 13.0 Å². The van der Waals surface area contributed by atoms with Crippen molar-refractivity contribution in [2.75, 3.05) is 6.61 Å². The Bertz CT molecular complexity index is 303. The summed E-state index contributed by atoms with van der Waals surface area (Å²) in [5, 5.41) is 9.26. The van der Waals surface area contributed by atoms with E-state index in [1.54, 1.807) is 12.2 Å². The van der Waals surface area contributed by atoms with Crippen molar-refractivity contribution in [3.8, 4) is 5.75 Å². The van der Waals surface area contributed by atoms with Crippen molar-refractivity contribution in [3.63, 3.8) is 0 Å². The summed E-state index contributed by atoms with van der Waals surface area (Å²) in [7, 11) is 0. The lowest BCUT2D eigenvalue weighted by Gasteiger charge is -2.08. The van der Waals surface area contributed by atoms with Crippen LogP contribution in [0.5, 0.6) is 5.75 Å². The van der Waals surface area contributed by atoms with E-state index in [1.807, 2.05) is 44.0 Å². The lowest BCUT2D eigenvalue weighted by Crippen LogP contribution is -2.10. The minimum absolute atomic E-state index is 0.233. The molecule has 0 saturated carbocycles. The largest absolute Gasteiger partial charge is 0.493 e. The van der Waals surface area contributed by atoms with Gasteiger partial charge in [0, 0.05) is 6.42 Å². The van der Waals surface area contributed by atoms with Gasteiger partial charge in [-0.15, -0.1) is 0 Å². The van der Waals surface area contributed by atoms with Crippen molar-refractivity contribution in [3.05, 3.63) is 55.6 Å². The Morgan fingerprint density at radius 1 is 1.21 bits per heavy atom. The van der Waals surface area contributed by atoms with E-state index >= 15 is 0 Å². The normalized spacial score (nSPS) is 9.79. The summed E-state index contributed by atoms with van der Waals surface area (Å²) in [6.07, 6.45) is 4.53. The summed E-state index contributed by atoms with van der Waals surface area (Å²) in [6.45, 7) is 11.3. The lowest BCUT2D eigenvalue weighted by molar-refractivity contribution is -0.0979. The van der Waals surface area contributed by atoms with Crippen molar-refractivity contribution in [2.24, 2.45) is 0 Å². The fourth-order valence-corrected chi connectivity index (χ4v) is 1.03. The number of benzene rings is 1. The molecule has 0 aliphatic rings. The van der Waals surface area contributed by atoms with Crippen LogP contribution in [-0.2, 0) is 4.79 Å². The molecule has 3 heteroatoms. The van der Waals surface area contributed by atoms with Gasteiger partial charge in [-0.05, 0) is 18.6 Å². The maximum Gasteiger partial charge on any atom is 0.119 e. The lowest BCUT2D eigenvalue weighted by atomic mass is 10.2. The maximum absolute atomic E-state index is 9.26. The van der Waals surface area contributed by atoms with Gasteiger partial charge in [-0.3, -0.25) is 0 Å². The molecule has 3 nitrogen and oxygen atoms in total. The zero-order chi connectivity index (χ0) is 14.9. The molecule has 1 atom stereocenters.